The lowest BCUT2D eigenvalue weighted by Crippen LogP contribution is -2.08. The SMILES string of the molecule is FC(F)(F)c1cccc([C@@H]2CO2)n1. The van der Waals surface area contributed by atoms with Crippen molar-refractivity contribution in [3.8, 4) is 0 Å². The van der Waals surface area contributed by atoms with Crippen molar-refractivity contribution in [2.45, 2.75) is 12.3 Å². The van der Waals surface area contributed by atoms with Gasteiger partial charge in [0.2, 0.25) is 0 Å². The molecular weight excluding hydrogens is 183 g/mol. The van der Waals surface area contributed by atoms with Crippen molar-refractivity contribution in [1.82, 2.24) is 4.98 Å². The number of halogens is 3. The van der Waals surface area contributed by atoms with E-state index in [-0.39, 0.29) is 6.10 Å². The van der Waals surface area contributed by atoms with E-state index >= 15 is 0 Å². The standard InChI is InChI=1S/C8H6F3NO/c9-8(10,11)7-3-1-2-5(12-7)6-4-13-6/h1-3,6H,4H2/t6-/m0/s1. The van der Waals surface area contributed by atoms with Gasteiger partial charge in [0.25, 0.3) is 0 Å². The summed E-state index contributed by atoms with van der Waals surface area (Å²) < 4.78 is 41.3. The molecule has 1 atom stereocenters. The fourth-order valence-electron chi connectivity index (χ4n) is 1.01. The van der Waals surface area contributed by atoms with Crippen LogP contribution in [0.5, 0.6) is 0 Å². The Morgan fingerprint density at radius 3 is 2.62 bits per heavy atom. The highest BCUT2D eigenvalue weighted by atomic mass is 19.4. The molecule has 2 nitrogen and oxygen atoms in total. The van der Waals surface area contributed by atoms with Crippen LogP contribution >= 0.6 is 0 Å². The molecular formula is C8H6F3NO. The molecule has 70 valence electrons. The molecule has 1 fully saturated rings. The highest BCUT2D eigenvalue weighted by Gasteiger charge is 2.34. The summed E-state index contributed by atoms with van der Waals surface area (Å²) in [7, 11) is 0. The van der Waals surface area contributed by atoms with E-state index in [0.29, 0.717) is 12.3 Å². The van der Waals surface area contributed by atoms with Gasteiger partial charge >= 0.3 is 6.18 Å². The summed E-state index contributed by atoms with van der Waals surface area (Å²) in [6, 6.07) is 3.83. The average molecular weight is 189 g/mol. The highest BCUT2D eigenvalue weighted by Crippen LogP contribution is 2.32. The molecule has 0 amide bonds. The molecule has 1 aromatic rings. The van der Waals surface area contributed by atoms with Crippen LogP contribution in [0.3, 0.4) is 0 Å². The summed E-state index contributed by atoms with van der Waals surface area (Å²) in [5.74, 6) is 0. The van der Waals surface area contributed by atoms with Crippen molar-refractivity contribution >= 4 is 0 Å². The molecule has 5 heteroatoms. The fraction of sp³-hybridized carbons (Fsp3) is 0.375. The maximum atomic E-state index is 12.1. The van der Waals surface area contributed by atoms with E-state index in [0.717, 1.165) is 6.07 Å². The summed E-state index contributed by atoms with van der Waals surface area (Å²) in [4.78, 5) is 3.46. The second-order valence-corrected chi connectivity index (χ2v) is 2.77. The second kappa shape index (κ2) is 2.70. The van der Waals surface area contributed by atoms with Crippen molar-refractivity contribution in [1.29, 1.82) is 0 Å². The van der Waals surface area contributed by atoms with Crippen LogP contribution in [0.25, 0.3) is 0 Å². The lowest BCUT2D eigenvalue weighted by atomic mass is 10.2. The number of aromatic nitrogens is 1. The number of nitrogens with zero attached hydrogens (tertiary/aromatic N) is 1. The van der Waals surface area contributed by atoms with E-state index in [1.807, 2.05) is 0 Å². The minimum absolute atomic E-state index is 0.234. The van der Waals surface area contributed by atoms with Gasteiger partial charge in [0, 0.05) is 0 Å². The molecule has 2 rings (SSSR count). The number of pyridine rings is 1. The first-order chi connectivity index (χ1) is 6.07. The number of ether oxygens (including phenoxy) is 1. The van der Waals surface area contributed by atoms with Crippen molar-refractivity contribution in [2.75, 3.05) is 6.61 Å². The van der Waals surface area contributed by atoms with Crippen LogP contribution in [0.15, 0.2) is 18.2 Å². The van der Waals surface area contributed by atoms with Gasteiger partial charge in [-0.25, -0.2) is 4.98 Å². The van der Waals surface area contributed by atoms with Crippen molar-refractivity contribution in [3.63, 3.8) is 0 Å². The number of rotatable bonds is 1. The number of hydrogen-bond acceptors (Lipinski definition) is 2. The third kappa shape index (κ3) is 1.80. The molecule has 0 spiro atoms. The number of alkyl halides is 3. The maximum Gasteiger partial charge on any atom is 0.433 e. The summed E-state index contributed by atoms with van der Waals surface area (Å²) in [5.41, 5.74) is -0.504. The first kappa shape index (κ1) is 8.50. The van der Waals surface area contributed by atoms with E-state index in [2.05, 4.69) is 4.98 Å². The Kier molecular flexibility index (Phi) is 1.76. The largest absolute Gasteiger partial charge is 0.433 e. The first-order valence-corrected chi connectivity index (χ1v) is 3.73. The Morgan fingerprint density at radius 1 is 1.38 bits per heavy atom. The predicted octanol–water partition coefficient (Wildman–Crippen LogP) is 2.17. The number of hydrogen-bond donors (Lipinski definition) is 0. The molecule has 0 bridgehead atoms. The van der Waals surface area contributed by atoms with Crippen LogP contribution < -0.4 is 0 Å². The molecule has 13 heavy (non-hydrogen) atoms. The normalized spacial score (nSPS) is 21.6. The minimum atomic E-state index is -4.37. The molecule has 1 saturated heterocycles. The van der Waals surface area contributed by atoms with Gasteiger partial charge in [-0.15, -0.1) is 0 Å². The Balaban J connectivity index is 2.32. The zero-order valence-corrected chi connectivity index (χ0v) is 6.51. The second-order valence-electron chi connectivity index (χ2n) is 2.77. The van der Waals surface area contributed by atoms with Gasteiger partial charge in [-0.1, -0.05) is 6.07 Å². The van der Waals surface area contributed by atoms with Crippen LogP contribution in [0.2, 0.25) is 0 Å². The van der Waals surface area contributed by atoms with E-state index in [1.165, 1.54) is 12.1 Å². The van der Waals surface area contributed by atoms with Crippen LogP contribution in [-0.2, 0) is 10.9 Å². The molecule has 0 aromatic carbocycles. The third-order valence-electron chi connectivity index (χ3n) is 1.72. The quantitative estimate of drug-likeness (QED) is 0.632. The van der Waals surface area contributed by atoms with Gasteiger partial charge in [-0.2, -0.15) is 13.2 Å². The van der Waals surface area contributed by atoms with Crippen molar-refractivity contribution in [2.24, 2.45) is 0 Å². The van der Waals surface area contributed by atoms with Crippen LogP contribution in [-0.4, -0.2) is 11.6 Å². The van der Waals surface area contributed by atoms with E-state index < -0.39 is 11.9 Å². The van der Waals surface area contributed by atoms with E-state index in [4.69, 9.17) is 4.74 Å². The fourth-order valence-corrected chi connectivity index (χ4v) is 1.01. The smallest absolute Gasteiger partial charge is 0.366 e. The van der Waals surface area contributed by atoms with E-state index in [1.54, 1.807) is 0 Å². The zero-order chi connectivity index (χ0) is 9.47. The van der Waals surface area contributed by atoms with Gasteiger partial charge in [-0.3, -0.25) is 0 Å². The topological polar surface area (TPSA) is 25.4 Å². The Bertz CT molecular complexity index is 319. The predicted molar refractivity (Wildman–Crippen MR) is 37.9 cm³/mol. The maximum absolute atomic E-state index is 12.1. The molecule has 0 N–H and O–H groups in total. The monoisotopic (exact) mass is 189 g/mol. The molecule has 0 unspecified atom stereocenters. The minimum Gasteiger partial charge on any atom is -0.366 e. The first-order valence-electron chi connectivity index (χ1n) is 3.73. The molecule has 1 aliphatic rings. The Labute approximate surface area is 72.4 Å². The highest BCUT2D eigenvalue weighted by molar-refractivity contribution is 5.17. The van der Waals surface area contributed by atoms with E-state index in [9.17, 15) is 13.2 Å². The molecule has 1 aliphatic heterocycles. The van der Waals surface area contributed by atoms with Crippen LogP contribution in [0.1, 0.15) is 17.5 Å². The molecule has 1 aromatic heterocycles. The van der Waals surface area contributed by atoms with Crippen molar-refractivity contribution < 1.29 is 17.9 Å². The Hall–Kier alpha value is -1.10. The average Bonchev–Trinajstić information content (AvgIpc) is 2.85. The third-order valence-corrected chi connectivity index (χ3v) is 1.72. The summed E-state index contributed by atoms with van der Waals surface area (Å²) >= 11 is 0. The van der Waals surface area contributed by atoms with Gasteiger partial charge in [-0.05, 0) is 12.1 Å². The summed E-state index contributed by atoms with van der Waals surface area (Å²) in [6.07, 6.45) is -4.60. The summed E-state index contributed by atoms with van der Waals surface area (Å²) in [5, 5.41) is 0. The number of epoxide rings is 1. The molecule has 2 heterocycles. The molecule has 0 saturated carbocycles. The Morgan fingerprint density at radius 2 is 2.08 bits per heavy atom. The van der Waals surface area contributed by atoms with Crippen LogP contribution in [0.4, 0.5) is 13.2 Å². The van der Waals surface area contributed by atoms with Crippen LogP contribution in [0, 0.1) is 0 Å². The lowest BCUT2D eigenvalue weighted by Gasteiger charge is -2.05. The van der Waals surface area contributed by atoms with Gasteiger partial charge in [0.1, 0.15) is 11.8 Å². The zero-order valence-electron chi connectivity index (χ0n) is 6.51. The lowest BCUT2D eigenvalue weighted by molar-refractivity contribution is -0.141. The molecule has 0 radical (unpaired) electrons. The molecule has 0 aliphatic carbocycles. The van der Waals surface area contributed by atoms with Gasteiger partial charge in [0.05, 0.1) is 12.3 Å². The van der Waals surface area contributed by atoms with Gasteiger partial charge in [0.15, 0.2) is 0 Å². The summed E-state index contributed by atoms with van der Waals surface area (Å²) in [6.45, 7) is 0.467. The van der Waals surface area contributed by atoms with Gasteiger partial charge < -0.3 is 4.74 Å². The van der Waals surface area contributed by atoms with Crippen molar-refractivity contribution in [3.05, 3.63) is 29.6 Å².